The van der Waals surface area contributed by atoms with Gasteiger partial charge in [0.25, 0.3) is 0 Å². The van der Waals surface area contributed by atoms with Crippen LogP contribution >= 0.6 is 0 Å². The Morgan fingerprint density at radius 1 is 1.13 bits per heavy atom. The lowest BCUT2D eigenvalue weighted by Crippen LogP contribution is -2.43. The number of nitrogens with one attached hydrogen (secondary N) is 1. The van der Waals surface area contributed by atoms with E-state index < -0.39 is 11.2 Å². The minimum atomic E-state index is -0.814. The molecule has 0 aromatic carbocycles. The average Bonchev–Trinajstić information content (AvgIpc) is 2.58. The highest BCUT2D eigenvalue weighted by atomic mass is 16.3. The van der Waals surface area contributed by atoms with Crippen LogP contribution in [0, 0.1) is 24.7 Å². The number of piperidine rings is 2. The number of aliphatic hydroxyl groups is 2. The van der Waals surface area contributed by atoms with E-state index in [0.29, 0.717) is 12.8 Å². The van der Waals surface area contributed by atoms with E-state index in [0.717, 1.165) is 51.9 Å². The van der Waals surface area contributed by atoms with Crippen LogP contribution in [0.4, 0.5) is 0 Å². The Labute approximate surface area is 198 Å². The molecule has 0 bridgehead atoms. The molecular weight excluding hydrogens is 292 g/mol. The fourth-order valence-electron chi connectivity index (χ4n) is 2.37. The van der Waals surface area contributed by atoms with Gasteiger partial charge in [-0.2, -0.15) is 0 Å². The van der Waals surface area contributed by atoms with Gasteiger partial charge in [-0.05, 0) is 39.4 Å². The monoisotopic (exact) mass is 401 g/mol. The molecule has 3 N–H and O–H groups in total. The molecule has 208 valence electrons. The second-order valence-corrected chi connectivity index (χ2v) is 5.77. The average molecular weight is 401 g/mol. The predicted molar refractivity (Wildman–Crippen MR) is 175 cm³/mol. The van der Waals surface area contributed by atoms with Crippen LogP contribution in [0.2, 0.25) is 0 Å². The van der Waals surface area contributed by atoms with E-state index in [9.17, 15) is 10.2 Å². The molecular formula is C18H108N2O3. The van der Waals surface area contributed by atoms with Gasteiger partial charge in [0.2, 0.25) is 0 Å². The molecule has 2 aliphatic rings. The summed E-state index contributed by atoms with van der Waals surface area (Å²) in [4.78, 5) is 11.1. The van der Waals surface area contributed by atoms with Gasteiger partial charge in [-0.3, -0.25) is 0 Å². The first-order valence-electron chi connectivity index (χ1n) is 8.11. The van der Waals surface area contributed by atoms with Gasteiger partial charge in [0, 0.05) is 81.6 Å². The van der Waals surface area contributed by atoms with E-state index >= 15 is 0 Å². The van der Waals surface area contributed by atoms with Crippen LogP contribution < -0.4 is 5.32 Å². The number of likely N-dealkylation sites (tertiary alicyclic amines) is 1. The summed E-state index contributed by atoms with van der Waals surface area (Å²) in [5.74, 6) is 4.85. The lowest BCUT2D eigenvalue weighted by atomic mass is 9.92. The molecule has 2 heterocycles. The number of rotatable bonds is 1. The molecule has 2 aliphatic heterocycles. The minimum absolute atomic E-state index is 0. The van der Waals surface area contributed by atoms with E-state index in [1.54, 1.807) is 0 Å². The zero-order valence-corrected chi connectivity index (χ0v) is 14.3. The van der Waals surface area contributed by atoms with Crippen LogP contribution in [-0.4, -0.2) is 65.3 Å². The summed E-state index contributed by atoms with van der Waals surface area (Å²) in [7, 11) is 0. The van der Waals surface area contributed by atoms with Gasteiger partial charge < -0.3 is 25.2 Å². The third kappa shape index (κ3) is 8.74. The van der Waals surface area contributed by atoms with Crippen LogP contribution in [0.15, 0.2) is 0 Å². The Morgan fingerprint density at radius 3 is 1.83 bits per heavy atom. The van der Waals surface area contributed by atoms with Crippen molar-refractivity contribution < 1.29 is 70.6 Å². The molecule has 0 aliphatic carbocycles. The van der Waals surface area contributed by atoms with Crippen molar-refractivity contribution in [1.82, 2.24) is 10.2 Å². The normalized spacial score (nSPS) is 22.0. The molecule has 0 spiro atoms. The molecule has 0 atom stereocenters. The molecule has 5 heteroatoms. The van der Waals surface area contributed by atoms with Crippen molar-refractivity contribution in [3.8, 4) is 24.7 Å². The number of carbonyl (C=O) groups is 1. The second-order valence-electron chi connectivity index (χ2n) is 5.77. The summed E-state index contributed by atoms with van der Waals surface area (Å²) in [6, 6.07) is 0. The molecule has 2 rings (SSSR count). The van der Waals surface area contributed by atoms with Gasteiger partial charge in [-0.1, -0.05) is 18.8 Å². The summed E-state index contributed by atoms with van der Waals surface area (Å²) in [6.07, 6.45) is 13.9. The zero-order chi connectivity index (χ0) is 17.8. The quantitative estimate of drug-likeness (QED) is 0.301. The highest BCUT2D eigenvalue weighted by Crippen LogP contribution is 2.20. The summed E-state index contributed by atoms with van der Waals surface area (Å²) in [5, 5.41) is 22.2. The Bertz CT molecular complexity index is 468. The van der Waals surface area contributed by atoms with E-state index in [4.69, 9.17) is 17.6 Å². The van der Waals surface area contributed by atoms with Gasteiger partial charge in [-0.15, -0.1) is 12.8 Å². The largest absolute Gasteiger partial charge is 0.378 e. The number of aldehydes is 1. The van der Waals surface area contributed by atoms with E-state index in [1.165, 1.54) is 6.92 Å². The number of nitrogens with zero attached hydrogens (tertiary/aromatic N) is 1. The Morgan fingerprint density at radius 2 is 1.52 bits per heavy atom. The third-order valence-corrected chi connectivity index (χ3v) is 4.10. The van der Waals surface area contributed by atoms with Gasteiger partial charge >= 0.3 is 0 Å². The topological polar surface area (TPSA) is 72.8 Å². The summed E-state index contributed by atoms with van der Waals surface area (Å²) in [6.45, 7) is 8.15. The molecule has 0 radical (unpaired) electrons. The maximum absolute atomic E-state index is 9.63. The fourth-order valence-corrected chi connectivity index (χ4v) is 2.37. The number of carbonyl (C=O) groups excluding carboxylic acids is 1. The molecule has 2 saturated heterocycles. The van der Waals surface area contributed by atoms with Crippen LogP contribution in [-0.2, 0) is 4.79 Å². The lowest BCUT2D eigenvalue weighted by Gasteiger charge is -2.34. The van der Waals surface area contributed by atoms with Crippen molar-refractivity contribution in [1.29, 1.82) is 0 Å². The summed E-state index contributed by atoms with van der Waals surface area (Å²) >= 11 is 0. The predicted octanol–water partition coefficient (Wildman–Crippen LogP) is 10.00. The van der Waals surface area contributed by atoms with Crippen molar-refractivity contribution in [2.45, 2.75) is 50.7 Å². The van der Waals surface area contributed by atoms with Crippen LogP contribution in [0.25, 0.3) is 0 Å². The van der Waals surface area contributed by atoms with Crippen molar-refractivity contribution in [2.75, 3.05) is 32.7 Å². The molecule has 0 aromatic rings. The van der Waals surface area contributed by atoms with Gasteiger partial charge in [0.1, 0.15) is 17.5 Å². The minimum Gasteiger partial charge on any atom is -0.378 e. The summed E-state index contributed by atoms with van der Waals surface area (Å²) < 4.78 is 0. The highest BCUT2D eigenvalue weighted by Gasteiger charge is 2.29. The Balaban J connectivity index is -0.00000000243. The van der Waals surface area contributed by atoms with Crippen molar-refractivity contribution in [3.63, 3.8) is 0 Å². The van der Waals surface area contributed by atoms with Crippen LogP contribution in [0.1, 0.15) is 95.2 Å². The van der Waals surface area contributed by atoms with Crippen LogP contribution in [0.3, 0.4) is 0 Å². The van der Waals surface area contributed by atoms with E-state index in [2.05, 4.69) is 29.0 Å². The number of terminal acetylenes is 2. The standard InChI is InChI=1S/C9H15NO.C7H11NO.C2H4O.39H2/c1-3-9(11)5-7-10(4-2)8-6-9;1-2-7(9)3-5-8-6-4-7;1-2-3;;;;;;;;;;;;;;;;;;;;;;;;;;;;;;;;;;;;;;;/h1,11H,4-8H2,2H3;1,8-9H,3-6H2;2H,1H3;39*1H. The fraction of sp³-hybridized carbons (Fsp3) is 0.722. The molecule has 2 fully saturated rings. The molecule has 5 nitrogen and oxygen atoms in total. The molecule has 0 unspecified atom stereocenters. The number of hydrogen-bond donors (Lipinski definition) is 3. The SMILES string of the molecule is C#CC1(O)CCN(CC)CC1.C#CC1(O)CCNCC1.CC=O.[HH].[HH].[HH].[HH].[HH].[HH].[HH].[HH].[HH].[HH].[HH].[HH].[HH].[HH].[HH].[HH].[HH].[HH].[HH].[HH].[HH].[HH].[HH].[HH].[HH].[HH].[HH].[HH].[HH].[HH].[HH].[HH].[HH].[HH].[HH].[HH].[HH].[HH].[HH]. The molecule has 0 aromatic heterocycles. The van der Waals surface area contributed by atoms with Gasteiger partial charge in [-0.25, -0.2) is 0 Å². The van der Waals surface area contributed by atoms with E-state index in [1.807, 2.05) is 0 Å². The zero-order valence-electron chi connectivity index (χ0n) is 14.3. The van der Waals surface area contributed by atoms with E-state index in [-0.39, 0.29) is 55.6 Å². The second kappa shape index (κ2) is 11.2. The smallest absolute Gasteiger partial charge is 0.127 e. The summed E-state index contributed by atoms with van der Waals surface area (Å²) in [5.41, 5.74) is -1.63. The first kappa shape index (κ1) is 21.6. The first-order chi connectivity index (χ1) is 10.9. The highest BCUT2D eigenvalue weighted by molar-refractivity contribution is 5.44. The maximum atomic E-state index is 9.63. The number of hydrogen-bond acceptors (Lipinski definition) is 5. The van der Waals surface area contributed by atoms with Crippen molar-refractivity contribution in [3.05, 3.63) is 0 Å². The van der Waals surface area contributed by atoms with Crippen molar-refractivity contribution >= 4 is 6.29 Å². The van der Waals surface area contributed by atoms with Crippen LogP contribution in [0.5, 0.6) is 0 Å². The first-order valence-corrected chi connectivity index (χ1v) is 8.11. The maximum Gasteiger partial charge on any atom is 0.127 e. The molecule has 0 saturated carbocycles. The van der Waals surface area contributed by atoms with Gasteiger partial charge in [0.05, 0.1) is 0 Å². The van der Waals surface area contributed by atoms with Crippen molar-refractivity contribution in [2.24, 2.45) is 0 Å². The molecule has 23 heavy (non-hydrogen) atoms. The Kier molecular flexibility index (Phi) is 10.5. The molecule has 0 amide bonds. The lowest BCUT2D eigenvalue weighted by molar-refractivity contribution is -0.106. The van der Waals surface area contributed by atoms with Gasteiger partial charge in [0.15, 0.2) is 0 Å². The Hall–Kier alpha value is -1.37. The third-order valence-electron chi connectivity index (χ3n) is 4.10.